The molecule has 3 aliphatic rings. The van der Waals surface area contributed by atoms with Gasteiger partial charge in [0.2, 0.25) is 16.3 Å². The quantitative estimate of drug-likeness (QED) is 0.0861. The van der Waals surface area contributed by atoms with Crippen LogP contribution in [0.5, 0.6) is 0 Å². The van der Waals surface area contributed by atoms with Crippen molar-refractivity contribution in [2.24, 2.45) is 22.3 Å². The second-order valence-corrected chi connectivity index (χ2v) is 12.8. The van der Waals surface area contributed by atoms with Crippen LogP contribution in [0.25, 0.3) is 0 Å². The van der Waals surface area contributed by atoms with Crippen molar-refractivity contribution in [2.75, 3.05) is 39.9 Å². The summed E-state index contributed by atoms with van der Waals surface area (Å²) in [7, 11) is -2.49. The van der Waals surface area contributed by atoms with Gasteiger partial charge in [0, 0.05) is 25.2 Å². The van der Waals surface area contributed by atoms with E-state index < -0.39 is 82.2 Å². The van der Waals surface area contributed by atoms with Crippen LogP contribution < -0.4 is 38.3 Å². The van der Waals surface area contributed by atoms with Crippen LogP contribution in [0.15, 0.2) is 11.8 Å². The maximum atomic E-state index is 11.7. The number of sulfonamides is 1. The van der Waals surface area contributed by atoms with E-state index in [1.165, 1.54) is 6.92 Å². The van der Waals surface area contributed by atoms with Gasteiger partial charge in [-0.15, -0.1) is 0 Å². The molecule has 0 bridgehead atoms. The zero-order valence-electron chi connectivity index (χ0n) is 23.3. The summed E-state index contributed by atoms with van der Waals surface area (Å²) >= 11 is 0. The number of hydrogen-bond donors (Lipinski definition) is 11. The molecule has 0 amide bonds. The van der Waals surface area contributed by atoms with E-state index >= 15 is 0 Å². The molecule has 0 aromatic heterocycles. The third-order valence-corrected chi connectivity index (χ3v) is 8.58. The fourth-order valence-electron chi connectivity index (χ4n) is 5.25. The lowest BCUT2D eigenvalue weighted by atomic mass is 9.83. The number of primary sulfonamides is 1. The molecule has 15 N–H and O–H groups in total. The number of nitrogens with two attached hydrogens (primary N) is 4. The van der Waals surface area contributed by atoms with Crippen LogP contribution in [0.2, 0.25) is 0 Å². The van der Waals surface area contributed by atoms with Crippen LogP contribution >= 0.6 is 0 Å². The van der Waals surface area contributed by atoms with Crippen LogP contribution in [0, 0.1) is 0 Å². The molecule has 12 atom stereocenters. The summed E-state index contributed by atoms with van der Waals surface area (Å²) in [5.41, 5.74) is 16.9. The first-order valence-corrected chi connectivity index (χ1v) is 15.2. The van der Waals surface area contributed by atoms with Crippen LogP contribution in [0.1, 0.15) is 19.8 Å². The predicted molar refractivity (Wildman–Crippen MR) is 146 cm³/mol. The first-order chi connectivity index (χ1) is 19.2. The zero-order valence-corrected chi connectivity index (χ0v) is 24.2. The van der Waals surface area contributed by atoms with Gasteiger partial charge >= 0.3 is 0 Å². The molecular formula is C23H47N7O10S. The Labute approximate surface area is 239 Å². The molecule has 2 aliphatic heterocycles. The molecule has 2 heterocycles. The first kappa shape index (κ1) is 34.4. The summed E-state index contributed by atoms with van der Waals surface area (Å²) in [5.74, 6) is 0.553. The molecule has 18 heteroatoms. The molecule has 0 aromatic rings. The highest BCUT2D eigenvalue weighted by molar-refractivity contribution is 7.89. The highest BCUT2D eigenvalue weighted by Crippen LogP contribution is 2.32. The number of rotatable bonds is 13. The predicted octanol–water partition coefficient (Wildman–Crippen LogP) is -6.02. The van der Waals surface area contributed by atoms with Crippen LogP contribution in [-0.2, 0) is 29.0 Å². The van der Waals surface area contributed by atoms with Crippen molar-refractivity contribution in [3.63, 3.8) is 0 Å². The van der Waals surface area contributed by atoms with Crippen LogP contribution in [0.3, 0.4) is 0 Å². The molecule has 1 aliphatic carbocycles. The Balaban J connectivity index is 1.78. The smallest absolute Gasteiger partial charge is 0.226 e. The summed E-state index contributed by atoms with van der Waals surface area (Å²) in [6, 6.07) is -2.94. The lowest BCUT2D eigenvalue weighted by Gasteiger charge is -2.49. The molecule has 0 radical (unpaired) electrons. The van der Waals surface area contributed by atoms with Gasteiger partial charge in [-0.05, 0) is 32.9 Å². The molecule has 240 valence electrons. The Kier molecular flexibility index (Phi) is 12.3. The molecule has 3 rings (SSSR count). The minimum Gasteiger partial charge on any atom is -0.467 e. The number of hydrogen-bond acceptors (Lipinski definition) is 16. The van der Waals surface area contributed by atoms with Crippen LogP contribution in [0.4, 0.5) is 0 Å². The maximum absolute atomic E-state index is 11.7. The zero-order chi connectivity index (χ0) is 30.5. The van der Waals surface area contributed by atoms with Crippen molar-refractivity contribution < 1.29 is 47.8 Å². The summed E-state index contributed by atoms with van der Waals surface area (Å²) in [5, 5.41) is 54.5. The lowest BCUT2D eigenvalue weighted by molar-refractivity contribution is -0.304. The summed E-state index contributed by atoms with van der Waals surface area (Å²) < 4.78 is 47.1. The normalized spacial score (nSPS) is 41.0. The lowest BCUT2D eigenvalue weighted by Crippen LogP contribution is -2.69. The Bertz CT molecular complexity index is 976. The van der Waals surface area contributed by atoms with Crippen molar-refractivity contribution in [1.82, 2.24) is 16.0 Å². The number of aliphatic hydroxyl groups is 4. The van der Waals surface area contributed by atoms with Gasteiger partial charge in [0.1, 0.15) is 41.1 Å². The third-order valence-electron chi connectivity index (χ3n) is 7.57. The molecule has 17 nitrogen and oxygen atoms in total. The van der Waals surface area contributed by atoms with Crippen molar-refractivity contribution in [1.29, 1.82) is 0 Å². The molecule has 1 unspecified atom stereocenters. The molecule has 1 saturated carbocycles. The van der Waals surface area contributed by atoms with E-state index in [4.69, 9.17) is 46.4 Å². The summed E-state index contributed by atoms with van der Waals surface area (Å²) in [6.07, 6.45) is -4.83. The number of ether oxygens (including phenoxy) is 4. The van der Waals surface area contributed by atoms with E-state index in [9.17, 15) is 23.7 Å². The Morgan fingerprint density at radius 3 is 2.49 bits per heavy atom. The topological polar surface area (TPSA) is 292 Å². The van der Waals surface area contributed by atoms with Gasteiger partial charge in [0.25, 0.3) is 0 Å². The molecule has 41 heavy (non-hydrogen) atoms. The van der Waals surface area contributed by atoms with Gasteiger partial charge in [0.15, 0.2) is 6.29 Å². The van der Waals surface area contributed by atoms with Gasteiger partial charge < -0.3 is 72.5 Å². The van der Waals surface area contributed by atoms with Gasteiger partial charge in [-0.2, -0.15) is 0 Å². The number of likely N-dealkylation sites (N-methyl/N-ethyl adjacent to an activating group) is 1. The average molecular weight is 614 g/mol. The second-order valence-electron chi connectivity index (χ2n) is 11.0. The Hall–Kier alpha value is -1.07. The van der Waals surface area contributed by atoms with E-state index in [1.807, 2.05) is 6.08 Å². The van der Waals surface area contributed by atoms with Crippen molar-refractivity contribution in [3.05, 3.63) is 11.8 Å². The molecule has 2 fully saturated rings. The van der Waals surface area contributed by atoms with Crippen molar-refractivity contribution >= 4 is 10.0 Å². The van der Waals surface area contributed by atoms with Crippen molar-refractivity contribution in [2.45, 2.75) is 91.9 Å². The Morgan fingerprint density at radius 2 is 1.85 bits per heavy atom. The van der Waals surface area contributed by atoms with E-state index in [-0.39, 0.29) is 26.2 Å². The minimum atomic E-state index is -4.06. The summed E-state index contributed by atoms with van der Waals surface area (Å²) in [4.78, 5) is 0. The maximum Gasteiger partial charge on any atom is 0.226 e. The van der Waals surface area contributed by atoms with E-state index in [0.29, 0.717) is 25.3 Å². The SMILES string of the molecule is CN[C@@H]1[C@@H](O)[C@@H](O[C@@H]2[C@@H](O)[C@H](O[C@H]3OC(CNCCO)=CC[C@H]3N)[C@@H](N)C[C@H]2NCC(N)S(N)(=O)=O)OC[C@]1(C)O. The molecule has 0 aromatic carbocycles. The van der Waals surface area contributed by atoms with E-state index in [2.05, 4.69) is 16.0 Å². The first-order valence-electron chi connectivity index (χ1n) is 13.6. The van der Waals surface area contributed by atoms with Crippen molar-refractivity contribution in [3.8, 4) is 0 Å². The molecular weight excluding hydrogens is 566 g/mol. The highest BCUT2D eigenvalue weighted by atomic mass is 32.2. The number of aliphatic hydroxyl groups excluding tert-OH is 3. The van der Waals surface area contributed by atoms with Gasteiger partial charge in [-0.3, -0.25) is 0 Å². The minimum absolute atomic E-state index is 0.0411. The third kappa shape index (κ3) is 8.74. The number of nitrogens with one attached hydrogen (secondary N) is 3. The largest absolute Gasteiger partial charge is 0.467 e. The van der Waals surface area contributed by atoms with Crippen LogP contribution in [-0.4, -0.2) is 141 Å². The van der Waals surface area contributed by atoms with E-state index in [1.54, 1.807) is 7.05 Å². The molecule has 1 saturated heterocycles. The van der Waals surface area contributed by atoms with Gasteiger partial charge in [-0.25, -0.2) is 13.6 Å². The van der Waals surface area contributed by atoms with Gasteiger partial charge in [-0.1, -0.05) is 0 Å². The molecule has 0 spiro atoms. The average Bonchev–Trinajstić information content (AvgIpc) is 2.89. The Morgan fingerprint density at radius 1 is 1.17 bits per heavy atom. The standard InChI is InChI=1S/C23H47N7O10S/c1-23(34)10-37-22(17(33)20(23)28-2)40-19-14(30-9-15(26)41(27,35)36)7-13(25)18(16(19)32)39-21-12(24)4-3-11(38-21)8-29-5-6-31/h3,12-22,28-34H,4-10,24-26H2,1-2H3,(H2,27,35,36)/t12-,13+,14-,15?,16+,17-,18-,19+,20-,21-,22-,23+/m1/s1. The highest BCUT2D eigenvalue weighted by Gasteiger charge is 2.51. The van der Waals surface area contributed by atoms with Gasteiger partial charge in [0.05, 0.1) is 31.8 Å². The monoisotopic (exact) mass is 613 g/mol. The summed E-state index contributed by atoms with van der Waals surface area (Å²) in [6.45, 7) is 1.71. The van der Waals surface area contributed by atoms with E-state index in [0.717, 1.165) is 0 Å². The second kappa shape index (κ2) is 14.6. The fourth-order valence-corrected chi connectivity index (χ4v) is 5.58. The fraction of sp³-hybridized carbons (Fsp3) is 0.913.